The van der Waals surface area contributed by atoms with Gasteiger partial charge in [-0.25, -0.2) is 13.8 Å². The van der Waals surface area contributed by atoms with Crippen LogP contribution in [0.25, 0.3) is 0 Å². The molecule has 0 spiro atoms. The molecule has 0 saturated carbocycles. The first kappa shape index (κ1) is 15.8. The molecule has 0 aliphatic carbocycles. The highest BCUT2D eigenvalue weighted by atomic mass is 32.1. The van der Waals surface area contributed by atoms with Crippen LogP contribution in [0.15, 0.2) is 29.8 Å². The number of nitrogens with zero attached hydrogens (tertiary/aromatic N) is 3. The lowest BCUT2D eigenvalue weighted by Crippen LogP contribution is -2.48. The van der Waals surface area contributed by atoms with E-state index in [1.165, 1.54) is 6.07 Å². The fraction of sp³-hybridized carbons (Fsp3) is 0.333. The molecule has 1 aromatic heterocycles. The van der Waals surface area contributed by atoms with Crippen LogP contribution in [0.5, 0.6) is 0 Å². The van der Waals surface area contributed by atoms with E-state index in [0.29, 0.717) is 0 Å². The summed E-state index contributed by atoms with van der Waals surface area (Å²) >= 11 is 1.59. The molecule has 0 bridgehead atoms. The molecule has 3 rings (SSSR count). The predicted octanol–water partition coefficient (Wildman–Crippen LogP) is 2.18. The van der Waals surface area contributed by atoms with Gasteiger partial charge in [-0.05, 0) is 12.1 Å². The van der Waals surface area contributed by atoms with E-state index in [4.69, 9.17) is 0 Å². The number of nitrogens with one attached hydrogen (secondary N) is 1. The average molecular weight is 338 g/mol. The first-order chi connectivity index (χ1) is 11.1. The number of rotatable bonds is 4. The molecule has 1 aromatic carbocycles. The Hall–Kier alpha value is -2.06. The van der Waals surface area contributed by atoms with Crippen LogP contribution in [0.2, 0.25) is 0 Å². The number of anilines is 2. The highest BCUT2D eigenvalue weighted by Crippen LogP contribution is 2.19. The maximum atomic E-state index is 13.5. The summed E-state index contributed by atoms with van der Waals surface area (Å²) in [6.45, 7) is 3.25. The number of hydrogen-bond acceptors (Lipinski definition) is 5. The molecule has 2 heterocycles. The molecule has 0 radical (unpaired) electrons. The molecule has 23 heavy (non-hydrogen) atoms. The number of hydrogen-bond donors (Lipinski definition) is 1. The topological polar surface area (TPSA) is 48.5 Å². The summed E-state index contributed by atoms with van der Waals surface area (Å²) in [5, 5.41) is 5.40. The monoisotopic (exact) mass is 338 g/mol. The van der Waals surface area contributed by atoms with Crippen LogP contribution in [0.3, 0.4) is 0 Å². The van der Waals surface area contributed by atoms with Crippen molar-refractivity contribution < 1.29 is 13.6 Å². The molecular formula is C15H16F2N4OS. The molecule has 1 saturated heterocycles. The van der Waals surface area contributed by atoms with Crippen LogP contribution < -0.4 is 10.2 Å². The van der Waals surface area contributed by atoms with Crippen molar-refractivity contribution in [1.82, 2.24) is 9.88 Å². The summed E-state index contributed by atoms with van der Waals surface area (Å²) in [5.74, 6) is -1.75. The molecule has 8 heteroatoms. The van der Waals surface area contributed by atoms with Crippen LogP contribution in [0.4, 0.5) is 19.6 Å². The first-order valence-electron chi connectivity index (χ1n) is 7.23. The maximum Gasteiger partial charge on any atom is 0.238 e. The second kappa shape index (κ2) is 7.01. The van der Waals surface area contributed by atoms with Gasteiger partial charge in [-0.1, -0.05) is 0 Å². The third-order valence-corrected chi connectivity index (χ3v) is 4.47. The fourth-order valence-corrected chi connectivity index (χ4v) is 3.15. The summed E-state index contributed by atoms with van der Waals surface area (Å²) in [4.78, 5) is 20.4. The minimum Gasteiger partial charge on any atom is -0.346 e. The smallest absolute Gasteiger partial charge is 0.238 e. The Bertz CT molecular complexity index is 672. The van der Waals surface area contributed by atoms with Gasteiger partial charge < -0.3 is 10.2 Å². The Morgan fingerprint density at radius 2 is 2.04 bits per heavy atom. The number of benzene rings is 1. The zero-order chi connectivity index (χ0) is 16.2. The van der Waals surface area contributed by atoms with Crippen molar-refractivity contribution in [2.45, 2.75) is 0 Å². The second-order valence-corrected chi connectivity index (χ2v) is 6.12. The van der Waals surface area contributed by atoms with E-state index in [2.05, 4.69) is 15.2 Å². The zero-order valence-corrected chi connectivity index (χ0v) is 13.2. The first-order valence-corrected chi connectivity index (χ1v) is 8.11. The van der Waals surface area contributed by atoms with Crippen molar-refractivity contribution in [2.75, 3.05) is 42.9 Å². The van der Waals surface area contributed by atoms with Crippen molar-refractivity contribution >= 4 is 28.1 Å². The molecule has 1 N–H and O–H groups in total. The molecule has 0 unspecified atom stereocenters. The third kappa shape index (κ3) is 4.02. The Balaban J connectivity index is 1.49. The van der Waals surface area contributed by atoms with E-state index in [1.54, 1.807) is 17.5 Å². The summed E-state index contributed by atoms with van der Waals surface area (Å²) in [6.07, 6.45) is 1.77. The Morgan fingerprint density at radius 3 is 2.70 bits per heavy atom. The van der Waals surface area contributed by atoms with Gasteiger partial charge in [-0.2, -0.15) is 0 Å². The number of amides is 1. The molecular weight excluding hydrogens is 322 g/mol. The molecule has 0 atom stereocenters. The molecule has 122 valence electrons. The molecule has 1 amide bonds. The van der Waals surface area contributed by atoms with Crippen molar-refractivity contribution in [3.8, 4) is 0 Å². The largest absolute Gasteiger partial charge is 0.346 e. The molecule has 1 aliphatic rings. The highest BCUT2D eigenvalue weighted by molar-refractivity contribution is 7.13. The number of aromatic nitrogens is 1. The number of thiazole rings is 1. The highest BCUT2D eigenvalue weighted by Gasteiger charge is 2.20. The minimum absolute atomic E-state index is 0.00202. The van der Waals surface area contributed by atoms with Gasteiger partial charge in [-0.15, -0.1) is 11.3 Å². The number of piperazine rings is 1. The Morgan fingerprint density at radius 1 is 1.26 bits per heavy atom. The summed E-state index contributed by atoms with van der Waals surface area (Å²) in [5.41, 5.74) is -0.00202. The zero-order valence-electron chi connectivity index (χ0n) is 12.3. The number of carbonyl (C=O) groups excluding carboxylic acids is 1. The Labute approximate surface area is 136 Å². The van der Waals surface area contributed by atoms with Gasteiger partial charge in [0.15, 0.2) is 5.13 Å². The van der Waals surface area contributed by atoms with Crippen LogP contribution in [-0.2, 0) is 4.79 Å². The Kier molecular flexibility index (Phi) is 4.82. The van der Waals surface area contributed by atoms with Crippen LogP contribution >= 0.6 is 11.3 Å². The van der Waals surface area contributed by atoms with Gasteiger partial charge in [0.25, 0.3) is 0 Å². The van der Waals surface area contributed by atoms with Gasteiger partial charge in [0, 0.05) is 43.8 Å². The lowest BCUT2D eigenvalue weighted by molar-refractivity contribution is -0.117. The molecule has 1 aliphatic heterocycles. The molecule has 1 fully saturated rings. The van der Waals surface area contributed by atoms with Gasteiger partial charge in [0.2, 0.25) is 5.91 Å². The lowest BCUT2D eigenvalue weighted by atomic mass is 10.3. The van der Waals surface area contributed by atoms with Crippen LogP contribution in [-0.4, -0.2) is 48.5 Å². The standard InChI is InChI=1S/C15H16F2N4OS/c16-11-1-2-13(12(17)9-11)19-14(22)10-20-4-6-21(7-5-20)15-18-3-8-23-15/h1-3,8-9H,4-7,10H2,(H,19,22). The number of halogens is 2. The van der Waals surface area contributed by atoms with Gasteiger partial charge in [0.05, 0.1) is 12.2 Å². The molecule has 5 nitrogen and oxygen atoms in total. The van der Waals surface area contributed by atoms with Crippen molar-refractivity contribution in [3.63, 3.8) is 0 Å². The van der Waals surface area contributed by atoms with Gasteiger partial charge in [0.1, 0.15) is 11.6 Å². The van der Waals surface area contributed by atoms with Crippen LogP contribution in [0, 0.1) is 11.6 Å². The van der Waals surface area contributed by atoms with E-state index < -0.39 is 11.6 Å². The second-order valence-electron chi connectivity index (χ2n) is 5.25. The third-order valence-electron chi connectivity index (χ3n) is 3.63. The van der Waals surface area contributed by atoms with Crippen molar-refractivity contribution in [1.29, 1.82) is 0 Å². The summed E-state index contributed by atoms with van der Waals surface area (Å²) < 4.78 is 26.4. The van der Waals surface area contributed by atoms with Gasteiger partial charge >= 0.3 is 0 Å². The lowest BCUT2D eigenvalue weighted by Gasteiger charge is -2.34. The molecule has 2 aromatic rings. The van der Waals surface area contributed by atoms with E-state index in [-0.39, 0.29) is 18.1 Å². The van der Waals surface area contributed by atoms with Crippen LogP contribution in [0.1, 0.15) is 0 Å². The predicted molar refractivity (Wildman–Crippen MR) is 85.8 cm³/mol. The summed E-state index contributed by atoms with van der Waals surface area (Å²) in [6, 6.07) is 3.09. The van der Waals surface area contributed by atoms with E-state index in [1.807, 2.05) is 10.3 Å². The SMILES string of the molecule is O=C(CN1CCN(c2nccs2)CC1)Nc1ccc(F)cc1F. The van der Waals surface area contributed by atoms with Crippen molar-refractivity contribution in [3.05, 3.63) is 41.4 Å². The summed E-state index contributed by atoms with van der Waals surface area (Å²) in [7, 11) is 0. The normalized spacial score (nSPS) is 15.7. The number of carbonyl (C=O) groups is 1. The van der Waals surface area contributed by atoms with Gasteiger partial charge in [-0.3, -0.25) is 9.69 Å². The van der Waals surface area contributed by atoms with Crippen molar-refractivity contribution in [2.24, 2.45) is 0 Å². The maximum absolute atomic E-state index is 13.5. The average Bonchev–Trinajstić information content (AvgIpc) is 3.05. The minimum atomic E-state index is -0.771. The quantitative estimate of drug-likeness (QED) is 0.928. The van der Waals surface area contributed by atoms with E-state index in [0.717, 1.165) is 43.4 Å². The van der Waals surface area contributed by atoms with E-state index >= 15 is 0 Å². The van der Waals surface area contributed by atoms with E-state index in [9.17, 15) is 13.6 Å². The fourth-order valence-electron chi connectivity index (χ4n) is 2.45.